The fourth-order valence-corrected chi connectivity index (χ4v) is 1.93. The third kappa shape index (κ3) is 0.886. The standard InChI is InChI=1S/C10H9NO3/c11-7-3-8(12)6-2-10-9(1-5(6)7)13-4-14-10/h1-2,7H,3-4,11H2/t7-/m0/s1. The van der Waals surface area contributed by atoms with E-state index in [1.54, 1.807) is 6.07 Å². The Balaban J connectivity index is 2.22. The summed E-state index contributed by atoms with van der Waals surface area (Å²) in [6.45, 7) is 0.224. The molecule has 1 aromatic rings. The second-order valence-corrected chi connectivity index (χ2v) is 3.53. The molecule has 2 N–H and O–H groups in total. The third-order valence-corrected chi connectivity index (χ3v) is 2.65. The predicted octanol–water partition coefficient (Wildman–Crippen LogP) is 1.00. The van der Waals surface area contributed by atoms with Crippen molar-refractivity contribution in [2.24, 2.45) is 5.73 Å². The first-order chi connectivity index (χ1) is 6.75. The third-order valence-electron chi connectivity index (χ3n) is 2.65. The largest absolute Gasteiger partial charge is 0.454 e. The Hall–Kier alpha value is -1.55. The fourth-order valence-electron chi connectivity index (χ4n) is 1.93. The van der Waals surface area contributed by atoms with E-state index in [9.17, 15) is 4.79 Å². The molecule has 4 heteroatoms. The van der Waals surface area contributed by atoms with Crippen molar-refractivity contribution in [2.45, 2.75) is 12.5 Å². The Morgan fingerprint density at radius 3 is 2.79 bits per heavy atom. The number of carbonyl (C=O) groups excluding carboxylic acids is 1. The Morgan fingerprint density at radius 2 is 2.00 bits per heavy atom. The topological polar surface area (TPSA) is 61.6 Å². The second-order valence-electron chi connectivity index (χ2n) is 3.53. The molecule has 2 aliphatic rings. The van der Waals surface area contributed by atoms with Gasteiger partial charge in [0.2, 0.25) is 6.79 Å². The molecule has 14 heavy (non-hydrogen) atoms. The highest BCUT2D eigenvalue weighted by atomic mass is 16.7. The van der Waals surface area contributed by atoms with Gasteiger partial charge in [-0.3, -0.25) is 4.79 Å². The van der Waals surface area contributed by atoms with Gasteiger partial charge in [-0.15, -0.1) is 0 Å². The molecule has 4 nitrogen and oxygen atoms in total. The van der Waals surface area contributed by atoms with Crippen molar-refractivity contribution in [1.29, 1.82) is 0 Å². The molecule has 0 spiro atoms. The van der Waals surface area contributed by atoms with Gasteiger partial charge < -0.3 is 15.2 Å². The van der Waals surface area contributed by atoms with Crippen molar-refractivity contribution >= 4 is 5.78 Å². The van der Waals surface area contributed by atoms with Crippen molar-refractivity contribution in [3.05, 3.63) is 23.3 Å². The first kappa shape index (κ1) is 7.82. The minimum atomic E-state index is -0.188. The zero-order valence-electron chi connectivity index (χ0n) is 7.45. The molecule has 0 radical (unpaired) electrons. The van der Waals surface area contributed by atoms with Crippen LogP contribution >= 0.6 is 0 Å². The van der Waals surface area contributed by atoms with Crippen LogP contribution in [0.3, 0.4) is 0 Å². The van der Waals surface area contributed by atoms with E-state index in [1.165, 1.54) is 0 Å². The van der Waals surface area contributed by atoms with Gasteiger partial charge in [-0.1, -0.05) is 0 Å². The summed E-state index contributed by atoms with van der Waals surface area (Å²) in [6.07, 6.45) is 0.387. The van der Waals surface area contributed by atoms with Gasteiger partial charge in [0.15, 0.2) is 17.3 Å². The van der Waals surface area contributed by atoms with Crippen molar-refractivity contribution in [3.63, 3.8) is 0 Å². The normalized spacial score (nSPS) is 22.6. The van der Waals surface area contributed by atoms with Crippen LogP contribution in [0.1, 0.15) is 28.4 Å². The molecule has 1 aromatic carbocycles. The summed E-state index contributed by atoms with van der Waals surface area (Å²) in [6, 6.07) is 3.35. The van der Waals surface area contributed by atoms with Crippen molar-refractivity contribution < 1.29 is 14.3 Å². The van der Waals surface area contributed by atoms with E-state index in [1.807, 2.05) is 6.07 Å². The fraction of sp³-hybridized carbons (Fsp3) is 0.300. The lowest BCUT2D eigenvalue weighted by Gasteiger charge is -2.04. The van der Waals surface area contributed by atoms with Crippen LogP contribution in [0, 0.1) is 0 Å². The van der Waals surface area contributed by atoms with E-state index in [2.05, 4.69) is 0 Å². The molecule has 0 saturated carbocycles. The molecular formula is C10H9NO3. The average molecular weight is 191 g/mol. The zero-order valence-corrected chi connectivity index (χ0v) is 7.45. The Bertz CT molecular complexity index is 428. The smallest absolute Gasteiger partial charge is 0.231 e. The summed E-state index contributed by atoms with van der Waals surface area (Å²) < 4.78 is 10.4. The van der Waals surface area contributed by atoms with Gasteiger partial charge in [-0.2, -0.15) is 0 Å². The van der Waals surface area contributed by atoms with Crippen molar-refractivity contribution in [2.75, 3.05) is 6.79 Å². The Labute approximate surface area is 80.6 Å². The number of Topliss-reactive ketones (excluding diaryl/α,β-unsaturated/α-hetero) is 1. The highest BCUT2D eigenvalue weighted by Gasteiger charge is 2.30. The molecule has 0 bridgehead atoms. The zero-order chi connectivity index (χ0) is 9.71. The molecule has 0 unspecified atom stereocenters. The molecule has 1 aliphatic carbocycles. The first-order valence-electron chi connectivity index (χ1n) is 4.48. The number of rotatable bonds is 0. The molecule has 3 rings (SSSR count). The van der Waals surface area contributed by atoms with Crippen LogP contribution in [0.5, 0.6) is 11.5 Å². The maximum atomic E-state index is 11.5. The number of carbonyl (C=O) groups is 1. The number of hydrogen-bond acceptors (Lipinski definition) is 4. The van der Waals surface area contributed by atoms with Gasteiger partial charge in [-0.05, 0) is 17.7 Å². The number of fused-ring (bicyclic) bond motifs is 2. The van der Waals surface area contributed by atoms with Gasteiger partial charge in [0.25, 0.3) is 0 Å². The van der Waals surface area contributed by atoms with E-state index >= 15 is 0 Å². The molecule has 1 aliphatic heterocycles. The molecule has 0 amide bonds. The molecule has 0 fully saturated rings. The maximum Gasteiger partial charge on any atom is 0.231 e. The van der Waals surface area contributed by atoms with Gasteiger partial charge in [0.05, 0.1) is 0 Å². The van der Waals surface area contributed by atoms with Crippen LogP contribution in [-0.2, 0) is 0 Å². The van der Waals surface area contributed by atoms with E-state index in [0.29, 0.717) is 23.5 Å². The minimum absolute atomic E-state index is 0.0887. The Morgan fingerprint density at radius 1 is 1.29 bits per heavy atom. The van der Waals surface area contributed by atoms with E-state index < -0.39 is 0 Å². The summed E-state index contributed by atoms with van der Waals surface area (Å²) >= 11 is 0. The first-order valence-corrected chi connectivity index (χ1v) is 4.48. The number of ketones is 1. The van der Waals surface area contributed by atoms with Gasteiger partial charge in [-0.25, -0.2) is 0 Å². The van der Waals surface area contributed by atoms with Crippen LogP contribution in [0.25, 0.3) is 0 Å². The lowest BCUT2D eigenvalue weighted by Crippen LogP contribution is -2.05. The van der Waals surface area contributed by atoms with Crippen LogP contribution < -0.4 is 15.2 Å². The van der Waals surface area contributed by atoms with E-state index in [4.69, 9.17) is 15.2 Å². The second kappa shape index (κ2) is 2.48. The van der Waals surface area contributed by atoms with E-state index in [0.717, 1.165) is 5.56 Å². The van der Waals surface area contributed by atoms with Crippen molar-refractivity contribution in [3.8, 4) is 11.5 Å². The monoisotopic (exact) mass is 191 g/mol. The predicted molar refractivity (Wildman–Crippen MR) is 48.4 cm³/mol. The summed E-state index contributed by atoms with van der Waals surface area (Å²) in [5.41, 5.74) is 7.37. The minimum Gasteiger partial charge on any atom is -0.454 e. The van der Waals surface area contributed by atoms with E-state index in [-0.39, 0.29) is 18.6 Å². The van der Waals surface area contributed by atoms with Gasteiger partial charge in [0, 0.05) is 18.0 Å². The van der Waals surface area contributed by atoms with Crippen LogP contribution in [0.4, 0.5) is 0 Å². The summed E-state index contributed by atoms with van der Waals surface area (Å²) in [5.74, 6) is 1.42. The lowest BCUT2D eigenvalue weighted by atomic mass is 10.1. The summed E-state index contributed by atoms with van der Waals surface area (Å²) in [5, 5.41) is 0. The number of nitrogens with two attached hydrogens (primary N) is 1. The summed E-state index contributed by atoms with van der Waals surface area (Å²) in [4.78, 5) is 11.5. The molecule has 72 valence electrons. The van der Waals surface area contributed by atoms with Crippen LogP contribution in [0.2, 0.25) is 0 Å². The molecule has 0 aromatic heterocycles. The maximum absolute atomic E-state index is 11.5. The SMILES string of the molecule is N[C@H]1CC(=O)c2cc3c(cc21)OCO3. The van der Waals surface area contributed by atoms with Gasteiger partial charge >= 0.3 is 0 Å². The Kier molecular flexibility index (Phi) is 1.39. The summed E-state index contributed by atoms with van der Waals surface area (Å²) in [7, 11) is 0. The number of ether oxygens (including phenoxy) is 2. The molecule has 1 atom stereocenters. The average Bonchev–Trinajstić information content (AvgIpc) is 2.70. The highest BCUT2D eigenvalue weighted by Crippen LogP contribution is 2.40. The molecule has 1 heterocycles. The molecular weight excluding hydrogens is 182 g/mol. The highest BCUT2D eigenvalue weighted by molar-refractivity contribution is 6.01. The number of benzene rings is 1. The lowest BCUT2D eigenvalue weighted by molar-refractivity contribution is 0.0989. The van der Waals surface area contributed by atoms with Crippen molar-refractivity contribution in [1.82, 2.24) is 0 Å². The molecule has 0 saturated heterocycles. The van der Waals surface area contributed by atoms with Crippen LogP contribution in [-0.4, -0.2) is 12.6 Å². The quantitative estimate of drug-likeness (QED) is 0.664. The van der Waals surface area contributed by atoms with Crippen LogP contribution in [0.15, 0.2) is 12.1 Å². The number of hydrogen-bond donors (Lipinski definition) is 1. The van der Waals surface area contributed by atoms with Gasteiger partial charge in [0.1, 0.15) is 0 Å².